The zero-order valence-electron chi connectivity index (χ0n) is 32.3. The summed E-state index contributed by atoms with van der Waals surface area (Å²) in [4.78, 5) is 20.0. The molecule has 2 aliphatic heterocycles. The number of likely N-dealkylation sites (N-methyl/N-ethyl adjacent to an activating group) is 1. The molecule has 1 amide bonds. The van der Waals surface area contributed by atoms with Crippen LogP contribution in [-0.2, 0) is 41.6 Å². The summed E-state index contributed by atoms with van der Waals surface area (Å²) in [6.45, 7) is 2.82. The first-order valence-corrected chi connectivity index (χ1v) is 19.2. The highest BCUT2D eigenvalue weighted by molar-refractivity contribution is 5.97. The third kappa shape index (κ3) is 10.0. The van der Waals surface area contributed by atoms with Gasteiger partial charge in [-0.1, -0.05) is 61.9 Å². The number of amides is 1. The van der Waals surface area contributed by atoms with Gasteiger partial charge in [-0.05, 0) is 66.8 Å². The quantitative estimate of drug-likeness (QED) is 0.120. The molecule has 1 unspecified atom stereocenters. The van der Waals surface area contributed by atoms with E-state index in [2.05, 4.69) is 0 Å². The molecule has 0 aliphatic carbocycles. The predicted molar refractivity (Wildman–Crippen MR) is 202 cm³/mol. The predicted octanol–water partition coefficient (Wildman–Crippen LogP) is 9.11. The minimum Gasteiger partial charge on any atom is -0.489 e. The average molecular weight is 817 g/mol. The number of nitrogens with two attached hydrogens (primary N) is 1. The molecule has 15 heteroatoms. The van der Waals surface area contributed by atoms with Crippen LogP contribution < -0.4 is 10.5 Å². The van der Waals surface area contributed by atoms with Crippen LogP contribution in [0.3, 0.4) is 0 Å². The molecule has 312 valence electrons. The van der Waals surface area contributed by atoms with E-state index in [0.717, 1.165) is 41.8 Å². The lowest BCUT2D eigenvalue weighted by molar-refractivity contribution is -0.153. The van der Waals surface area contributed by atoms with Crippen LogP contribution in [0.1, 0.15) is 72.4 Å². The Morgan fingerprint density at radius 1 is 0.948 bits per heavy atom. The summed E-state index contributed by atoms with van der Waals surface area (Å²) in [5.74, 6) is -1.81. The second-order valence-corrected chi connectivity index (χ2v) is 14.8. The average Bonchev–Trinajstić information content (AvgIpc) is 3.82. The molecule has 2 N–H and O–H groups in total. The Balaban J connectivity index is 1.28. The van der Waals surface area contributed by atoms with Crippen molar-refractivity contribution in [3.8, 4) is 5.75 Å². The third-order valence-corrected chi connectivity index (χ3v) is 10.7. The Bertz CT molecular complexity index is 2040. The van der Waals surface area contributed by atoms with Gasteiger partial charge in [-0.2, -0.15) is 26.3 Å². The number of unbranched alkanes of at least 4 members (excludes halogenated alkanes) is 1. The lowest BCUT2D eigenvalue weighted by Gasteiger charge is -2.41. The largest absolute Gasteiger partial charge is 0.489 e. The fourth-order valence-corrected chi connectivity index (χ4v) is 7.55. The molecule has 1 saturated heterocycles. The van der Waals surface area contributed by atoms with Crippen molar-refractivity contribution < 1.29 is 49.4 Å². The number of hydrogen-bond acceptors (Lipinski definition) is 7. The van der Waals surface area contributed by atoms with Crippen molar-refractivity contribution in [1.82, 2.24) is 14.7 Å². The number of likely N-dealkylation sites (tertiary alicyclic amines) is 1. The van der Waals surface area contributed by atoms with Gasteiger partial charge in [0.2, 0.25) is 5.76 Å². The van der Waals surface area contributed by atoms with Gasteiger partial charge in [0.1, 0.15) is 29.5 Å². The summed E-state index contributed by atoms with van der Waals surface area (Å²) in [7, 11) is 1.50. The van der Waals surface area contributed by atoms with Crippen molar-refractivity contribution in [3.63, 3.8) is 0 Å². The van der Waals surface area contributed by atoms with Gasteiger partial charge in [-0.15, -0.1) is 0 Å². The molecule has 1 aromatic heterocycles. The maximum absolute atomic E-state index is 15.1. The number of nitrogens with zero attached hydrogens (tertiary/aromatic N) is 3. The zero-order valence-corrected chi connectivity index (χ0v) is 32.3. The van der Waals surface area contributed by atoms with E-state index in [4.69, 9.17) is 19.6 Å². The van der Waals surface area contributed by atoms with Crippen molar-refractivity contribution in [1.29, 1.82) is 0 Å². The number of piperidine rings is 1. The number of carbonyl (C=O) groups excluding carboxylic acids is 1. The molecule has 6 rings (SSSR count). The minimum atomic E-state index is -4.82. The van der Waals surface area contributed by atoms with Crippen LogP contribution in [0.15, 0.2) is 101 Å². The number of furan rings is 1. The van der Waals surface area contributed by atoms with Gasteiger partial charge in [0.15, 0.2) is 0 Å². The second-order valence-electron chi connectivity index (χ2n) is 14.8. The Kier molecular flexibility index (Phi) is 13.2. The summed E-state index contributed by atoms with van der Waals surface area (Å²) in [5, 5.41) is 0. The van der Waals surface area contributed by atoms with Crippen molar-refractivity contribution in [3.05, 3.63) is 136 Å². The number of hydrogen-bond donors (Lipinski definition) is 1. The van der Waals surface area contributed by atoms with Crippen LogP contribution in [0.25, 0.3) is 0 Å². The SMILES string of the molecule is CCCCN(CC(N)c1cccc(OCc2ccccc2)c1)C(=O)C1=C(N(C)Cc2c(F)cccc2C(F)(F)F)COC12CCN(Cc1ccc(C(F)(F)F)o1)CC2. The number of rotatable bonds is 15. The van der Waals surface area contributed by atoms with Gasteiger partial charge in [-0.25, -0.2) is 4.39 Å². The molecule has 3 aromatic carbocycles. The number of carbonyl (C=O) groups is 1. The first-order valence-electron chi connectivity index (χ1n) is 19.2. The molecule has 0 bridgehead atoms. The standard InChI is InChI=1S/C43H47F7N4O4/c1-3-4-20-54(26-36(51)30-12-8-13-31(23-30)56-27-29-10-6-5-7-11-29)40(55)39-37(52(2)25-33-34(42(45,46)47)14-9-15-35(33)44)28-57-41(39)18-21-53(22-19-41)24-32-16-17-38(58-32)43(48,49)50/h5-17,23,36H,3-4,18-22,24-28,51H2,1-2H3. The highest BCUT2D eigenvalue weighted by Gasteiger charge is 2.50. The topological polar surface area (TPSA) is 84.4 Å². The Morgan fingerprint density at radius 2 is 1.67 bits per heavy atom. The first-order chi connectivity index (χ1) is 27.6. The molecule has 4 aromatic rings. The van der Waals surface area contributed by atoms with E-state index < -0.39 is 59.2 Å². The van der Waals surface area contributed by atoms with Crippen LogP contribution in [0.5, 0.6) is 5.75 Å². The summed E-state index contributed by atoms with van der Waals surface area (Å²) < 4.78 is 114. The number of alkyl halides is 6. The van der Waals surface area contributed by atoms with E-state index in [1.165, 1.54) is 18.0 Å². The Labute approximate surface area is 333 Å². The summed E-state index contributed by atoms with van der Waals surface area (Å²) in [6, 6.07) is 21.3. The van der Waals surface area contributed by atoms with E-state index in [1.807, 2.05) is 66.4 Å². The summed E-state index contributed by atoms with van der Waals surface area (Å²) in [6.07, 6.45) is -7.57. The van der Waals surface area contributed by atoms with Gasteiger partial charge in [0, 0.05) is 51.4 Å². The van der Waals surface area contributed by atoms with Crippen molar-refractivity contribution in [2.24, 2.45) is 5.73 Å². The molecule has 0 saturated carbocycles. The third-order valence-electron chi connectivity index (χ3n) is 10.7. The summed E-state index contributed by atoms with van der Waals surface area (Å²) in [5.41, 5.74) is 6.22. The molecular formula is C43H47F7N4O4. The van der Waals surface area contributed by atoms with E-state index in [9.17, 15) is 26.3 Å². The zero-order chi connectivity index (χ0) is 41.7. The Morgan fingerprint density at radius 3 is 2.34 bits per heavy atom. The maximum Gasteiger partial charge on any atom is 0.449 e. The number of benzene rings is 3. The van der Waals surface area contributed by atoms with Crippen LogP contribution in [0.4, 0.5) is 30.7 Å². The van der Waals surface area contributed by atoms with Gasteiger partial charge >= 0.3 is 12.4 Å². The van der Waals surface area contributed by atoms with Gasteiger partial charge in [0.05, 0.1) is 30.0 Å². The van der Waals surface area contributed by atoms with Crippen molar-refractivity contribution in [2.75, 3.05) is 39.8 Å². The normalized spacial score (nSPS) is 16.5. The molecule has 0 radical (unpaired) electrons. The van der Waals surface area contributed by atoms with E-state index in [0.29, 0.717) is 44.1 Å². The van der Waals surface area contributed by atoms with Crippen molar-refractivity contribution in [2.45, 2.75) is 76.3 Å². The molecule has 2 aliphatic rings. The van der Waals surface area contributed by atoms with Gasteiger partial charge in [-0.3, -0.25) is 9.69 Å². The smallest absolute Gasteiger partial charge is 0.449 e. The highest BCUT2D eigenvalue weighted by atomic mass is 19.4. The molecule has 1 fully saturated rings. The van der Waals surface area contributed by atoms with Crippen LogP contribution in [-0.4, -0.2) is 66.0 Å². The molecule has 3 heterocycles. The van der Waals surface area contributed by atoms with E-state index >= 15 is 9.18 Å². The fourth-order valence-electron chi connectivity index (χ4n) is 7.55. The number of ether oxygens (including phenoxy) is 2. The monoisotopic (exact) mass is 816 g/mol. The molecule has 1 atom stereocenters. The van der Waals surface area contributed by atoms with Gasteiger partial charge in [0.25, 0.3) is 5.91 Å². The fraction of sp³-hybridized carbons (Fsp3) is 0.419. The van der Waals surface area contributed by atoms with Crippen LogP contribution in [0.2, 0.25) is 0 Å². The van der Waals surface area contributed by atoms with Crippen LogP contribution >= 0.6 is 0 Å². The van der Waals surface area contributed by atoms with E-state index in [1.54, 1.807) is 4.90 Å². The lowest BCUT2D eigenvalue weighted by atomic mass is 9.83. The van der Waals surface area contributed by atoms with Crippen LogP contribution in [0, 0.1) is 5.82 Å². The maximum atomic E-state index is 15.1. The molecular weight excluding hydrogens is 769 g/mol. The van der Waals surface area contributed by atoms with Gasteiger partial charge < -0.3 is 29.4 Å². The molecule has 1 spiro atoms. The molecule has 8 nitrogen and oxygen atoms in total. The Hall–Kier alpha value is -4.86. The first kappa shape index (κ1) is 42.7. The van der Waals surface area contributed by atoms with Crippen molar-refractivity contribution >= 4 is 5.91 Å². The highest BCUT2D eigenvalue weighted by Crippen LogP contribution is 2.44. The number of halogens is 7. The second kappa shape index (κ2) is 18.0. The van der Waals surface area contributed by atoms with E-state index in [-0.39, 0.29) is 43.9 Å². The minimum absolute atomic E-state index is 0.0883. The summed E-state index contributed by atoms with van der Waals surface area (Å²) >= 11 is 0. The molecule has 58 heavy (non-hydrogen) atoms. The lowest BCUT2D eigenvalue weighted by Crippen LogP contribution is -2.50.